The molecule has 0 radical (unpaired) electrons. The van der Waals surface area contributed by atoms with Crippen LogP contribution in [0.3, 0.4) is 0 Å². The fraction of sp³-hybridized carbons (Fsp3) is 0.467. The molecule has 9 rings (SSSR count). The number of anilines is 2. The summed E-state index contributed by atoms with van der Waals surface area (Å²) in [7, 11) is 3.48. The molecule has 6 heterocycles. The summed E-state index contributed by atoms with van der Waals surface area (Å²) < 4.78 is 18.0. The zero-order chi connectivity index (χ0) is 39.9. The Bertz CT molecular complexity index is 2390. The van der Waals surface area contributed by atoms with Crippen LogP contribution in [0.15, 0.2) is 70.6 Å². The Morgan fingerprint density at radius 1 is 0.828 bits per heavy atom. The van der Waals surface area contributed by atoms with Crippen LogP contribution in [0.1, 0.15) is 67.2 Å². The number of piperidine rings is 3. The number of hydrogen-bond donors (Lipinski definition) is 2. The number of benzene rings is 3. The molecule has 58 heavy (non-hydrogen) atoms. The van der Waals surface area contributed by atoms with Gasteiger partial charge in [0.25, 0.3) is 0 Å². The van der Waals surface area contributed by atoms with Gasteiger partial charge in [-0.3, -0.25) is 33.9 Å². The van der Waals surface area contributed by atoms with Crippen LogP contribution >= 0.6 is 0 Å². The van der Waals surface area contributed by atoms with Crippen LogP contribution in [-0.2, 0) is 23.2 Å². The Labute approximate surface area is 338 Å². The van der Waals surface area contributed by atoms with E-state index in [-0.39, 0.29) is 23.8 Å². The van der Waals surface area contributed by atoms with E-state index in [9.17, 15) is 18.8 Å². The van der Waals surface area contributed by atoms with Crippen molar-refractivity contribution < 1.29 is 14.0 Å². The average molecular weight is 788 g/mol. The summed E-state index contributed by atoms with van der Waals surface area (Å²) in [6.45, 7) is 9.94. The van der Waals surface area contributed by atoms with Gasteiger partial charge in [0.2, 0.25) is 11.8 Å². The molecule has 2 N–H and O–H groups in total. The fourth-order valence-electron chi connectivity index (χ4n) is 10.1. The van der Waals surface area contributed by atoms with E-state index in [1.807, 2.05) is 24.4 Å². The number of carbonyl (C=O) groups excluding carboxylic acids is 2. The van der Waals surface area contributed by atoms with Crippen molar-refractivity contribution >= 4 is 51.3 Å². The SMILES string of the molecule is CN=Cc1c[nH]c2c(N3CCC(c4ccc(N5CCC(CN6CCN(Cc7cccc8c7n(C)c(=O)n8C7CCC(=O)NC7=O)CC6)CC5)cc4)CC3)ccc(F)c12. The number of aromatic nitrogens is 3. The van der Waals surface area contributed by atoms with Gasteiger partial charge >= 0.3 is 5.69 Å². The van der Waals surface area contributed by atoms with Gasteiger partial charge in [0.1, 0.15) is 11.9 Å². The average Bonchev–Trinajstić information content (AvgIpc) is 3.78. The molecule has 4 fully saturated rings. The second kappa shape index (κ2) is 16.2. The first-order valence-corrected chi connectivity index (χ1v) is 21.0. The predicted molar refractivity (Wildman–Crippen MR) is 228 cm³/mol. The second-order valence-electron chi connectivity index (χ2n) is 16.8. The van der Waals surface area contributed by atoms with Gasteiger partial charge in [-0.2, -0.15) is 0 Å². The Morgan fingerprint density at radius 3 is 2.28 bits per heavy atom. The molecule has 304 valence electrons. The molecular formula is C45H54FN9O3. The van der Waals surface area contributed by atoms with Crippen molar-refractivity contribution in [1.29, 1.82) is 0 Å². The molecule has 1 unspecified atom stereocenters. The first kappa shape index (κ1) is 38.3. The van der Waals surface area contributed by atoms with Crippen LogP contribution in [0, 0.1) is 11.7 Å². The molecule has 12 nitrogen and oxygen atoms in total. The second-order valence-corrected chi connectivity index (χ2v) is 16.8. The lowest BCUT2D eigenvalue weighted by Gasteiger charge is -2.39. The van der Waals surface area contributed by atoms with Crippen LogP contribution < -0.4 is 20.8 Å². The number of hydrogen-bond acceptors (Lipinski definition) is 8. The van der Waals surface area contributed by atoms with Crippen LogP contribution in [0.4, 0.5) is 15.8 Å². The quantitative estimate of drug-likeness (QED) is 0.152. The summed E-state index contributed by atoms with van der Waals surface area (Å²) in [6.07, 6.45) is 8.65. The number of aryl methyl sites for hydroxylation is 1. The first-order chi connectivity index (χ1) is 28.2. The summed E-state index contributed by atoms with van der Waals surface area (Å²) in [5.41, 5.74) is 7.90. The third kappa shape index (κ3) is 7.34. The molecule has 0 spiro atoms. The zero-order valence-electron chi connectivity index (χ0n) is 33.6. The highest BCUT2D eigenvalue weighted by molar-refractivity contribution is 6.04. The first-order valence-electron chi connectivity index (χ1n) is 21.0. The van der Waals surface area contributed by atoms with Crippen molar-refractivity contribution in [1.82, 2.24) is 29.2 Å². The number of para-hydroxylation sites is 1. The number of imidazole rings is 1. The van der Waals surface area contributed by atoms with Gasteiger partial charge < -0.3 is 19.7 Å². The van der Waals surface area contributed by atoms with Crippen molar-refractivity contribution in [3.8, 4) is 0 Å². The van der Waals surface area contributed by atoms with E-state index in [0.717, 1.165) is 112 Å². The van der Waals surface area contributed by atoms with Crippen molar-refractivity contribution in [2.45, 2.75) is 57.0 Å². The van der Waals surface area contributed by atoms with Gasteiger partial charge in [-0.25, -0.2) is 9.18 Å². The maximum atomic E-state index is 14.8. The van der Waals surface area contributed by atoms with Gasteiger partial charge in [-0.1, -0.05) is 24.3 Å². The fourth-order valence-corrected chi connectivity index (χ4v) is 10.1. The Morgan fingerprint density at radius 2 is 1.55 bits per heavy atom. The number of imide groups is 1. The topological polar surface area (TPSA) is 114 Å². The third-order valence-electron chi connectivity index (χ3n) is 13.3. The summed E-state index contributed by atoms with van der Waals surface area (Å²) >= 11 is 0. The van der Waals surface area contributed by atoms with E-state index < -0.39 is 11.9 Å². The number of amides is 2. The Balaban J connectivity index is 0.740. The van der Waals surface area contributed by atoms with Crippen LogP contribution in [0.25, 0.3) is 21.9 Å². The molecule has 4 aliphatic heterocycles. The van der Waals surface area contributed by atoms with E-state index in [1.54, 1.807) is 35.5 Å². The van der Waals surface area contributed by atoms with Crippen LogP contribution in [0.2, 0.25) is 0 Å². The van der Waals surface area contributed by atoms with Gasteiger partial charge in [-0.05, 0) is 85.4 Å². The summed E-state index contributed by atoms with van der Waals surface area (Å²) in [6, 6.07) is 18.1. The molecule has 3 aromatic carbocycles. The lowest BCUT2D eigenvalue weighted by atomic mass is 9.89. The van der Waals surface area contributed by atoms with Gasteiger partial charge in [0.15, 0.2) is 0 Å². The molecule has 4 saturated heterocycles. The molecule has 0 saturated carbocycles. The number of aromatic amines is 1. The van der Waals surface area contributed by atoms with E-state index in [0.29, 0.717) is 23.6 Å². The largest absolute Gasteiger partial charge is 0.372 e. The van der Waals surface area contributed by atoms with E-state index >= 15 is 0 Å². The van der Waals surface area contributed by atoms with E-state index in [1.165, 1.54) is 24.1 Å². The molecule has 2 amide bonds. The number of rotatable bonds is 9. The van der Waals surface area contributed by atoms with Gasteiger partial charge in [-0.15, -0.1) is 0 Å². The molecule has 5 aromatic rings. The minimum Gasteiger partial charge on any atom is -0.372 e. The molecule has 4 aliphatic rings. The number of halogens is 1. The third-order valence-corrected chi connectivity index (χ3v) is 13.3. The molecule has 13 heteroatoms. The van der Waals surface area contributed by atoms with Crippen molar-refractivity contribution in [3.63, 3.8) is 0 Å². The number of piperazine rings is 1. The number of nitrogens with zero attached hydrogens (tertiary/aromatic N) is 7. The standard InChI is InChI=1S/C45H54FN9O3/c1-47-26-34-27-48-42-37(11-10-36(46)41(34)42)54-20-16-32(17-21-54)31-6-8-35(9-7-31)53-18-14-30(15-19-53)28-51-22-24-52(25-23-51)29-33-4-3-5-38-43(33)50(2)45(58)55(38)39-12-13-40(56)49-44(39)57/h3-11,26-27,30,32,39,48H,12-25,28-29H2,1-2H3,(H,49,56,57). The minimum absolute atomic E-state index is 0.217. The van der Waals surface area contributed by atoms with Crippen LogP contribution in [0.5, 0.6) is 0 Å². The normalized spacial score (nSPS) is 20.9. The maximum absolute atomic E-state index is 14.8. The predicted octanol–water partition coefficient (Wildman–Crippen LogP) is 5.41. The lowest BCUT2D eigenvalue weighted by Crippen LogP contribution is -2.48. The minimum atomic E-state index is -0.676. The van der Waals surface area contributed by atoms with Crippen molar-refractivity contribution in [3.05, 3.63) is 93.8 Å². The number of H-pyrrole nitrogens is 1. The highest BCUT2D eigenvalue weighted by atomic mass is 19.1. The number of fused-ring (bicyclic) bond motifs is 2. The smallest absolute Gasteiger partial charge is 0.329 e. The van der Waals surface area contributed by atoms with Crippen LogP contribution in [-0.4, -0.2) is 108 Å². The number of nitrogens with one attached hydrogen (secondary N) is 2. The molecular weight excluding hydrogens is 734 g/mol. The zero-order valence-corrected chi connectivity index (χ0v) is 33.6. The molecule has 0 aliphatic carbocycles. The van der Waals surface area contributed by atoms with E-state index in [4.69, 9.17) is 0 Å². The summed E-state index contributed by atoms with van der Waals surface area (Å²) in [4.78, 5) is 55.3. The molecule has 1 atom stereocenters. The highest BCUT2D eigenvalue weighted by Gasteiger charge is 2.32. The van der Waals surface area contributed by atoms with Gasteiger partial charge in [0, 0.05) is 115 Å². The van der Waals surface area contributed by atoms with Crippen molar-refractivity contribution in [2.75, 3.05) is 75.8 Å². The monoisotopic (exact) mass is 787 g/mol. The molecule has 2 aromatic heterocycles. The van der Waals surface area contributed by atoms with E-state index in [2.05, 4.69) is 65.2 Å². The molecule has 0 bridgehead atoms. The highest BCUT2D eigenvalue weighted by Crippen LogP contribution is 2.36. The number of aliphatic imine (C=N–C) groups is 1. The van der Waals surface area contributed by atoms with Gasteiger partial charge in [0.05, 0.1) is 22.2 Å². The maximum Gasteiger partial charge on any atom is 0.329 e. The Hall–Kier alpha value is -5.27. The summed E-state index contributed by atoms with van der Waals surface area (Å²) in [5.74, 6) is 0.311. The summed E-state index contributed by atoms with van der Waals surface area (Å²) in [5, 5.41) is 3.02. The lowest BCUT2D eigenvalue weighted by molar-refractivity contribution is -0.135. The van der Waals surface area contributed by atoms with Crippen molar-refractivity contribution in [2.24, 2.45) is 18.0 Å². The Kier molecular flexibility index (Phi) is 10.7. The number of carbonyl (C=O) groups is 2.